The Morgan fingerprint density at radius 2 is 2.22 bits per heavy atom. The predicted octanol–water partition coefficient (Wildman–Crippen LogP) is 1.31. The lowest BCUT2D eigenvalue weighted by Crippen LogP contribution is -2.45. The first-order chi connectivity index (χ1) is 8.36. The monoisotopic (exact) mass is 251 g/mol. The summed E-state index contributed by atoms with van der Waals surface area (Å²) in [4.78, 5) is 19.7. The van der Waals surface area contributed by atoms with Gasteiger partial charge in [0.15, 0.2) is 0 Å². The molecule has 18 heavy (non-hydrogen) atoms. The van der Waals surface area contributed by atoms with Gasteiger partial charge in [-0.1, -0.05) is 20.3 Å². The molecule has 5 heteroatoms. The number of amides is 1. The van der Waals surface area contributed by atoms with Gasteiger partial charge >= 0.3 is 0 Å². The fourth-order valence-electron chi connectivity index (χ4n) is 1.54. The minimum Gasteiger partial charge on any atom is -0.388 e. The maximum absolute atomic E-state index is 11.8. The summed E-state index contributed by atoms with van der Waals surface area (Å²) in [6, 6.07) is 1.62. The maximum Gasteiger partial charge on any atom is 0.270 e. The Bertz CT molecular complexity index is 418. The molecule has 0 saturated heterocycles. The maximum atomic E-state index is 11.8. The number of aliphatic hydroxyl groups is 1. The van der Waals surface area contributed by atoms with Crippen LogP contribution in [0.25, 0.3) is 0 Å². The zero-order valence-electron chi connectivity index (χ0n) is 11.4. The molecule has 1 rings (SSSR count). The molecule has 0 radical (unpaired) electrons. The minimum atomic E-state index is -0.910. The number of rotatable bonds is 5. The van der Waals surface area contributed by atoms with Crippen molar-refractivity contribution in [2.45, 2.75) is 39.7 Å². The molecule has 0 aliphatic heterocycles. The fourth-order valence-corrected chi connectivity index (χ4v) is 1.54. The highest BCUT2D eigenvalue weighted by atomic mass is 16.3. The lowest BCUT2D eigenvalue weighted by atomic mass is 9.88. The van der Waals surface area contributed by atoms with Gasteiger partial charge in [0.05, 0.1) is 5.60 Å². The molecular formula is C13H21N3O2. The predicted molar refractivity (Wildman–Crippen MR) is 69.2 cm³/mol. The van der Waals surface area contributed by atoms with Gasteiger partial charge in [-0.05, 0) is 25.8 Å². The summed E-state index contributed by atoms with van der Waals surface area (Å²) >= 11 is 0. The average molecular weight is 251 g/mol. The lowest BCUT2D eigenvalue weighted by molar-refractivity contribution is 0.00588. The van der Waals surface area contributed by atoms with Crippen LogP contribution in [-0.4, -0.2) is 33.1 Å². The number of nitrogens with one attached hydrogen (secondary N) is 1. The second-order valence-electron chi connectivity index (χ2n) is 4.89. The van der Waals surface area contributed by atoms with Gasteiger partial charge in [0.25, 0.3) is 5.91 Å². The highest BCUT2D eigenvalue weighted by Gasteiger charge is 2.27. The van der Waals surface area contributed by atoms with Crippen molar-refractivity contribution in [1.82, 2.24) is 15.3 Å². The van der Waals surface area contributed by atoms with Gasteiger partial charge < -0.3 is 10.4 Å². The van der Waals surface area contributed by atoms with E-state index in [0.717, 1.165) is 12.1 Å². The molecule has 0 bridgehead atoms. The van der Waals surface area contributed by atoms with Crippen LogP contribution in [0, 0.1) is 12.8 Å². The Kier molecular flexibility index (Phi) is 4.78. The van der Waals surface area contributed by atoms with E-state index >= 15 is 0 Å². The molecular weight excluding hydrogens is 230 g/mol. The van der Waals surface area contributed by atoms with Crippen LogP contribution in [0.5, 0.6) is 0 Å². The number of carbonyl (C=O) groups is 1. The zero-order valence-corrected chi connectivity index (χ0v) is 11.4. The molecule has 100 valence electrons. The molecule has 1 heterocycles. The topological polar surface area (TPSA) is 75.1 Å². The molecule has 1 amide bonds. The van der Waals surface area contributed by atoms with Gasteiger partial charge in [0, 0.05) is 12.2 Å². The van der Waals surface area contributed by atoms with Gasteiger partial charge in [-0.15, -0.1) is 0 Å². The molecule has 2 atom stereocenters. The summed E-state index contributed by atoms with van der Waals surface area (Å²) in [5.41, 5.74) is 0.151. The minimum absolute atomic E-state index is 0.116. The van der Waals surface area contributed by atoms with Crippen molar-refractivity contribution < 1.29 is 9.90 Å². The number of hydrogen-bond acceptors (Lipinski definition) is 4. The van der Waals surface area contributed by atoms with Crippen LogP contribution in [0.4, 0.5) is 0 Å². The van der Waals surface area contributed by atoms with Gasteiger partial charge in [-0.2, -0.15) is 0 Å². The molecule has 0 aromatic carbocycles. The molecule has 2 N–H and O–H groups in total. The summed E-state index contributed by atoms with van der Waals surface area (Å²) in [5.74, 6) is -0.172. The van der Waals surface area contributed by atoms with Crippen molar-refractivity contribution in [2.75, 3.05) is 6.54 Å². The van der Waals surface area contributed by atoms with Crippen molar-refractivity contribution in [3.8, 4) is 0 Å². The third-order valence-electron chi connectivity index (χ3n) is 3.32. The van der Waals surface area contributed by atoms with E-state index in [1.807, 2.05) is 13.8 Å². The van der Waals surface area contributed by atoms with Gasteiger partial charge in [-0.3, -0.25) is 4.79 Å². The van der Waals surface area contributed by atoms with Crippen LogP contribution in [0.1, 0.15) is 43.4 Å². The van der Waals surface area contributed by atoms with E-state index in [4.69, 9.17) is 0 Å². The Hall–Kier alpha value is -1.49. The number of aryl methyl sites for hydroxylation is 1. The largest absolute Gasteiger partial charge is 0.388 e. The molecule has 0 fully saturated rings. The van der Waals surface area contributed by atoms with E-state index in [0.29, 0.717) is 5.69 Å². The molecule has 5 nitrogen and oxygen atoms in total. The first kappa shape index (κ1) is 14.6. The highest BCUT2D eigenvalue weighted by Crippen LogP contribution is 2.18. The Balaban J connectivity index is 2.61. The Morgan fingerprint density at radius 3 is 2.78 bits per heavy atom. The van der Waals surface area contributed by atoms with Crippen molar-refractivity contribution in [3.63, 3.8) is 0 Å². The third kappa shape index (κ3) is 3.77. The molecule has 0 saturated carbocycles. The number of carbonyl (C=O) groups excluding carboxylic acids is 1. The Labute approximate surface area is 108 Å². The van der Waals surface area contributed by atoms with Crippen LogP contribution in [-0.2, 0) is 0 Å². The molecule has 2 unspecified atom stereocenters. The van der Waals surface area contributed by atoms with Crippen molar-refractivity contribution >= 4 is 5.91 Å². The zero-order chi connectivity index (χ0) is 13.8. The number of nitrogens with zero attached hydrogens (tertiary/aromatic N) is 2. The van der Waals surface area contributed by atoms with Gasteiger partial charge in [-0.25, -0.2) is 9.97 Å². The highest BCUT2D eigenvalue weighted by molar-refractivity contribution is 5.92. The summed E-state index contributed by atoms with van der Waals surface area (Å²) in [6.07, 6.45) is 2.21. The van der Waals surface area contributed by atoms with Crippen molar-refractivity contribution in [2.24, 2.45) is 5.92 Å². The van der Waals surface area contributed by atoms with E-state index in [1.165, 1.54) is 6.33 Å². The van der Waals surface area contributed by atoms with Crippen LogP contribution in [0.2, 0.25) is 0 Å². The average Bonchev–Trinajstić information content (AvgIpc) is 2.35. The quantitative estimate of drug-likeness (QED) is 0.827. The standard InChI is InChI=1S/C13H21N3O2/c1-5-9(2)13(4,18)7-14-12(17)11-6-10(3)15-8-16-11/h6,8-9,18H,5,7H2,1-4H3,(H,14,17). The van der Waals surface area contributed by atoms with Crippen LogP contribution < -0.4 is 5.32 Å². The third-order valence-corrected chi connectivity index (χ3v) is 3.32. The van der Waals surface area contributed by atoms with Crippen LogP contribution >= 0.6 is 0 Å². The molecule has 1 aromatic rings. The SMILES string of the molecule is CCC(C)C(C)(O)CNC(=O)c1cc(C)ncn1. The van der Waals surface area contributed by atoms with Crippen molar-refractivity contribution in [1.29, 1.82) is 0 Å². The fraction of sp³-hybridized carbons (Fsp3) is 0.615. The molecule has 0 aliphatic rings. The number of hydrogen-bond donors (Lipinski definition) is 2. The second-order valence-corrected chi connectivity index (χ2v) is 4.89. The summed E-state index contributed by atoms with van der Waals surface area (Å²) in [5, 5.41) is 12.9. The summed E-state index contributed by atoms with van der Waals surface area (Å²) in [6.45, 7) is 7.71. The van der Waals surface area contributed by atoms with Crippen molar-refractivity contribution in [3.05, 3.63) is 23.8 Å². The van der Waals surface area contributed by atoms with E-state index < -0.39 is 5.60 Å². The normalized spacial score (nSPS) is 15.8. The van der Waals surface area contributed by atoms with E-state index in [9.17, 15) is 9.90 Å². The van der Waals surface area contributed by atoms with E-state index in [2.05, 4.69) is 15.3 Å². The van der Waals surface area contributed by atoms with E-state index in [1.54, 1.807) is 19.9 Å². The summed E-state index contributed by atoms with van der Waals surface area (Å²) in [7, 11) is 0. The molecule has 0 aliphatic carbocycles. The van der Waals surface area contributed by atoms with E-state index in [-0.39, 0.29) is 18.4 Å². The van der Waals surface area contributed by atoms with Crippen LogP contribution in [0.3, 0.4) is 0 Å². The first-order valence-corrected chi connectivity index (χ1v) is 6.16. The number of aromatic nitrogens is 2. The second kappa shape index (κ2) is 5.91. The smallest absolute Gasteiger partial charge is 0.270 e. The first-order valence-electron chi connectivity index (χ1n) is 6.16. The summed E-state index contributed by atoms with van der Waals surface area (Å²) < 4.78 is 0. The molecule has 0 spiro atoms. The Morgan fingerprint density at radius 1 is 1.56 bits per heavy atom. The van der Waals surface area contributed by atoms with Crippen LogP contribution in [0.15, 0.2) is 12.4 Å². The molecule has 1 aromatic heterocycles. The lowest BCUT2D eigenvalue weighted by Gasteiger charge is -2.29. The van der Waals surface area contributed by atoms with Gasteiger partial charge in [0.2, 0.25) is 0 Å². The van der Waals surface area contributed by atoms with Gasteiger partial charge in [0.1, 0.15) is 12.0 Å².